The average molecular weight is 283 g/mol. The Balaban J connectivity index is 2.04. The first-order chi connectivity index (χ1) is 10.2. The minimum atomic E-state index is 0.485. The summed E-state index contributed by atoms with van der Waals surface area (Å²) < 4.78 is 5.77. The van der Waals surface area contributed by atoms with Crippen LogP contribution in [0, 0.1) is 6.92 Å². The zero-order valence-electron chi connectivity index (χ0n) is 12.8. The van der Waals surface area contributed by atoms with Crippen LogP contribution in [-0.2, 0) is 6.42 Å². The summed E-state index contributed by atoms with van der Waals surface area (Å²) >= 11 is 0. The van der Waals surface area contributed by atoms with Crippen LogP contribution >= 0.6 is 0 Å². The molecule has 1 aromatic heterocycles. The van der Waals surface area contributed by atoms with Gasteiger partial charge in [0, 0.05) is 13.5 Å². The van der Waals surface area contributed by atoms with Gasteiger partial charge in [0.05, 0.1) is 5.56 Å². The molecule has 0 bridgehead atoms. The predicted molar refractivity (Wildman–Crippen MR) is 86.7 cm³/mol. The SMILES string of the molecule is CCc1nc(NC)c(C)c(OC/C=C/c2ccccc2)n1. The fraction of sp³-hybridized carbons (Fsp3) is 0.294. The average Bonchev–Trinajstić information content (AvgIpc) is 2.54. The standard InChI is InChI=1S/C17H21N3O/c1-4-15-19-16(18-3)13(2)17(20-15)21-12-8-11-14-9-6-5-7-10-14/h5-11H,4,12H2,1-3H3,(H,18,19,20)/b11-8+. The molecule has 1 heterocycles. The summed E-state index contributed by atoms with van der Waals surface area (Å²) in [5, 5.41) is 3.08. The molecule has 21 heavy (non-hydrogen) atoms. The van der Waals surface area contributed by atoms with Crippen molar-refractivity contribution in [2.75, 3.05) is 19.0 Å². The van der Waals surface area contributed by atoms with Gasteiger partial charge >= 0.3 is 0 Å². The number of anilines is 1. The molecule has 0 radical (unpaired) electrons. The van der Waals surface area contributed by atoms with Gasteiger partial charge in [-0.3, -0.25) is 0 Å². The van der Waals surface area contributed by atoms with E-state index in [2.05, 4.69) is 27.4 Å². The largest absolute Gasteiger partial charge is 0.473 e. The molecule has 0 atom stereocenters. The molecule has 0 saturated carbocycles. The molecule has 0 aliphatic heterocycles. The summed E-state index contributed by atoms with van der Waals surface area (Å²) in [6.07, 6.45) is 4.81. The lowest BCUT2D eigenvalue weighted by molar-refractivity contribution is 0.344. The van der Waals surface area contributed by atoms with E-state index in [1.54, 1.807) is 0 Å². The Bertz CT molecular complexity index is 609. The van der Waals surface area contributed by atoms with Gasteiger partial charge < -0.3 is 10.1 Å². The fourth-order valence-corrected chi connectivity index (χ4v) is 1.96. The number of nitrogens with one attached hydrogen (secondary N) is 1. The highest BCUT2D eigenvalue weighted by atomic mass is 16.5. The summed E-state index contributed by atoms with van der Waals surface area (Å²) in [6.45, 7) is 4.48. The quantitative estimate of drug-likeness (QED) is 0.881. The Labute approximate surface area is 125 Å². The lowest BCUT2D eigenvalue weighted by Gasteiger charge is -2.11. The van der Waals surface area contributed by atoms with E-state index >= 15 is 0 Å². The molecule has 2 aromatic rings. The van der Waals surface area contributed by atoms with E-state index in [0.717, 1.165) is 29.2 Å². The molecule has 2 rings (SSSR count). The maximum Gasteiger partial charge on any atom is 0.222 e. The summed E-state index contributed by atoms with van der Waals surface area (Å²) in [5.74, 6) is 2.25. The molecule has 0 unspecified atom stereocenters. The lowest BCUT2D eigenvalue weighted by Crippen LogP contribution is -2.06. The van der Waals surface area contributed by atoms with Gasteiger partial charge in [0.25, 0.3) is 0 Å². The normalized spacial score (nSPS) is 10.8. The highest BCUT2D eigenvalue weighted by Gasteiger charge is 2.09. The molecule has 4 heteroatoms. The van der Waals surface area contributed by atoms with Crippen LogP contribution in [0.15, 0.2) is 36.4 Å². The second-order valence-electron chi connectivity index (χ2n) is 4.65. The molecule has 4 nitrogen and oxygen atoms in total. The van der Waals surface area contributed by atoms with Crippen molar-refractivity contribution in [3.05, 3.63) is 53.4 Å². The Morgan fingerprint density at radius 1 is 1.19 bits per heavy atom. The molecular weight excluding hydrogens is 262 g/mol. The van der Waals surface area contributed by atoms with Gasteiger partial charge in [0.1, 0.15) is 18.2 Å². The number of hydrogen-bond donors (Lipinski definition) is 1. The van der Waals surface area contributed by atoms with Crippen molar-refractivity contribution in [3.63, 3.8) is 0 Å². The maximum atomic E-state index is 5.77. The predicted octanol–water partition coefficient (Wildman–Crippen LogP) is 3.48. The molecule has 0 aliphatic rings. The number of aryl methyl sites for hydroxylation is 1. The van der Waals surface area contributed by atoms with Gasteiger partial charge in [-0.1, -0.05) is 43.3 Å². The Kier molecular flexibility index (Phi) is 5.32. The van der Waals surface area contributed by atoms with Crippen molar-refractivity contribution in [1.29, 1.82) is 0 Å². The molecule has 0 fully saturated rings. The summed E-state index contributed by atoms with van der Waals surface area (Å²) in [4.78, 5) is 8.86. The molecule has 0 amide bonds. The summed E-state index contributed by atoms with van der Waals surface area (Å²) in [5.41, 5.74) is 2.09. The topological polar surface area (TPSA) is 47.0 Å². The number of hydrogen-bond acceptors (Lipinski definition) is 4. The van der Waals surface area contributed by atoms with Crippen LogP contribution in [-0.4, -0.2) is 23.6 Å². The van der Waals surface area contributed by atoms with Crippen molar-refractivity contribution >= 4 is 11.9 Å². The second kappa shape index (κ2) is 7.43. The molecule has 110 valence electrons. The van der Waals surface area contributed by atoms with Crippen LogP contribution in [0.25, 0.3) is 6.08 Å². The van der Waals surface area contributed by atoms with Crippen LogP contribution in [0.3, 0.4) is 0 Å². The van der Waals surface area contributed by atoms with Crippen molar-refractivity contribution in [1.82, 2.24) is 9.97 Å². The minimum absolute atomic E-state index is 0.485. The lowest BCUT2D eigenvalue weighted by atomic mass is 10.2. The van der Waals surface area contributed by atoms with Gasteiger partial charge in [0.2, 0.25) is 5.88 Å². The van der Waals surface area contributed by atoms with Gasteiger partial charge in [-0.25, -0.2) is 4.98 Å². The smallest absolute Gasteiger partial charge is 0.222 e. The third-order valence-electron chi connectivity index (χ3n) is 3.13. The van der Waals surface area contributed by atoms with Crippen LogP contribution in [0.2, 0.25) is 0 Å². The van der Waals surface area contributed by atoms with Gasteiger partial charge in [-0.2, -0.15) is 4.98 Å². The highest BCUT2D eigenvalue weighted by molar-refractivity contribution is 5.50. The maximum absolute atomic E-state index is 5.77. The van der Waals surface area contributed by atoms with Gasteiger partial charge in [-0.05, 0) is 18.6 Å². The van der Waals surface area contributed by atoms with E-state index in [-0.39, 0.29) is 0 Å². The van der Waals surface area contributed by atoms with Crippen LogP contribution < -0.4 is 10.1 Å². The minimum Gasteiger partial charge on any atom is -0.473 e. The first-order valence-corrected chi connectivity index (χ1v) is 7.14. The number of nitrogens with zero attached hydrogens (tertiary/aromatic N) is 2. The fourth-order valence-electron chi connectivity index (χ4n) is 1.96. The third kappa shape index (κ3) is 4.05. The van der Waals surface area contributed by atoms with E-state index in [1.807, 2.05) is 51.2 Å². The molecule has 1 N–H and O–H groups in total. The van der Waals surface area contributed by atoms with Crippen LogP contribution in [0.5, 0.6) is 5.88 Å². The second-order valence-corrected chi connectivity index (χ2v) is 4.65. The van der Waals surface area contributed by atoms with E-state index < -0.39 is 0 Å². The molecule has 0 saturated heterocycles. The van der Waals surface area contributed by atoms with E-state index in [0.29, 0.717) is 12.5 Å². The van der Waals surface area contributed by atoms with E-state index in [9.17, 15) is 0 Å². The van der Waals surface area contributed by atoms with E-state index in [4.69, 9.17) is 4.74 Å². The zero-order chi connectivity index (χ0) is 15.1. The number of ether oxygens (including phenoxy) is 1. The molecule has 0 spiro atoms. The van der Waals surface area contributed by atoms with E-state index in [1.165, 1.54) is 0 Å². The monoisotopic (exact) mass is 283 g/mol. The Morgan fingerprint density at radius 2 is 1.95 bits per heavy atom. The molecule has 1 aromatic carbocycles. The molecular formula is C17H21N3O. The van der Waals surface area contributed by atoms with Gasteiger partial charge in [-0.15, -0.1) is 0 Å². The first-order valence-electron chi connectivity index (χ1n) is 7.14. The summed E-state index contributed by atoms with van der Waals surface area (Å²) in [7, 11) is 1.86. The van der Waals surface area contributed by atoms with Crippen molar-refractivity contribution < 1.29 is 4.74 Å². The van der Waals surface area contributed by atoms with Gasteiger partial charge in [0.15, 0.2) is 0 Å². The number of benzene rings is 1. The first kappa shape index (κ1) is 15.0. The van der Waals surface area contributed by atoms with Crippen molar-refractivity contribution in [2.45, 2.75) is 20.3 Å². The van der Waals surface area contributed by atoms with Crippen molar-refractivity contribution in [2.24, 2.45) is 0 Å². The Hall–Kier alpha value is -2.36. The van der Waals surface area contributed by atoms with Crippen LogP contribution in [0.4, 0.5) is 5.82 Å². The van der Waals surface area contributed by atoms with Crippen LogP contribution in [0.1, 0.15) is 23.9 Å². The Morgan fingerprint density at radius 3 is 2.62 bits per heavy atom. The zero-order valence-corrected chi connectivity index (χ0v) is 12.8. The number of rotatable bonds is 6. The highest BCUT2D eigenvalue weighted by Crippen LogP contribution is 2.21. The summed E-state index contributed by atoms with van der Waals surface area (Å²) in [6, 6.07) is 10.1. The van der Waals surface area contributed by atoms with Crippen molar-refractivity contribution in [3.8, 4) is 5.88 Å². The number of aromatic nitrogens is 2. The molecule has 0 aliphatic carbocycles. The third-order valence-corrected chi connectivity index (χ3v) is 3.13.